The maximum Gasteiger partial charge on any atom is 0.0561 e. The van der Waals surface area contributed by atoms with Gasteiger partial charge in [0.1, 0.15) is 0 Å². The number of aryl methyl sites for hydroxylation is 2. The number of nitrogens with zero attached hydrogens (tertiary/aromatic N) is 1. The lowest BCUT2D eigenvalue weighted by Crippen LogP contribution is -2.32. The molecular weight excluding hydrogens is 276 g/mol. The van der Waals surface area contributed by atoms with Crippen molar-refractivity contribution in [3.05, 3.63) is 57.3 Å². The molecule has 0 amide bonds. The first-order valence-corrected chi connectivity index (χ1v) is 8.36. The maximum absolute atomic E-state index is 3.69. The van der Waals surface area contributed by atoms with Gasteiger partial charge in [0.05, 0.1) is 6.04 Å². The van der Waals surface area contributed by atoms with Crippen LogP contribution in [-0.2, 0) is 0 Å². The molecule has 0 aliphatic rings. The van der Waals surface area contributed by atoms with Crippen molar-refractivity contribution in [2.75, 3.05) is 20.6 Å². The van der Waals surface area contributed by atoms with Crippen LogP contribution in [0, 0.1) is 13.8 Å². The van der Waals surface area contributed by atoms with Crippen LogP contribution in [0.2, 0.25) is 0 Å². The summed E-state index contributed by atoms with van der Waals surface area (Å²) in [5, 5.41) is 5.84. The molecule has 0 saturated carbocycles. The van der Waals surface area contributed by atoms with E-state index in [2.05, 4.69) is 80.8 Å². The highest BCUT2D eigenvalue weighted by Crippen LogP contribution is 2.24. The first-order valence-electron chi connectivity index (χ1n) is 7.49. The van der Waals surface area contributed by atoms with E-state index in [0.29, 0.717) is 12.1 Å². The Labute approximate surface area is 132 Å². The van der Waals surface area contributed by atoms with Crippen molar-refractivity contribution in [1.29, 1.82) is 0 Å². The Morgan fingerprint density at radius 1 is 1.14 bits per heavy atom. The van der Waals surface area contributed by atoms with E-state index < -0.39 is 0 Å². The van der Waals surface area contributed by atoms with Gasteiger partial charge in [-0.25, -0.2) is 0 Å². The molecule has 0 aliphatic carbocycles. The Kier molecular flexibility index (Phi) is 5.57. The minimum Gasteiger partial charge on any atom is -0.308 e. The second-order valence-corrected chi connectivity index (χ2v) is 7.03. The standard InChI is InChI=1S/C18H26N2S/c1-13-9-14(2)11-16(10-13)15(3)19-12-17(20(4)5)18-7-6-8-21-18/h6-11,15,17,19H,12H2,1-5H3. The smallest absolute Gasteiger partial charge is 0.0561 e. The van der Waals surface area contributed by atoms with Crippen LogP contribution in [0.1, 0.15) is 40.6 Å². The number of thiophene rings is 1. The summed E-state index contributed by atoms with van der Waals surface area (Å²) in [6.07, 6.45) is 0. The zero-order valence-electron chi connectivity index (χ0n) is 13.7. The third-order valence-corrected chi connectivity index (χ3v) is 4.83. The van der Waals surface area contributed by atoms with Gasteiger partial charge < -0.3 is 10.2 Å². The molecule has 1 N–H and O–H groups in total. The summed E-state index contributed by atoms with van der Waals surface area (Å²) in [5.41, 5.74) is 4.04. The molecule has 0 spiro atoms. The maximum atomic E-state index is 3.69. The molecule has 21 heavy (non-hydrogen) atoms. The van der Waals surface area contributed by atoms with Crippen molar-refractivity contribution in [2.45, 2.75) is 32.9 Å². The van der Waals surface area contributed by atoms with Crippen LogP contribution in [0.25, 0.3) is 0 Å². The van der Waals surface area contributed by atoms with Crippen molar-refractivity contribution in [1.82, 2.24) is 10.2 Å². The minimum atomic E-state index is 0.367. The normalized spacial score (nSPS) is 14.4. The first-order chi connectivity index (χ1) is 9.97. The molecule has 0 bridgehead atoms. The van der Waals surface area contributed by atoms with Crippen molar-refractivity contribution in [3.63, 3.8) is 0 Å². The summed E-state index contributed by atoms with van der Waals surface area (Å²) in [5.74, 6) is 0. The van der Waals surface area contributed by atoms with Crippen LogP contribution in [0.15, 0.2) is 35.7 Å². The van der Waals surface area contributed by atoms with E-state index >= 15 is 0 Å². The minimum absolute atomic E-state index is 0.367. The Morgan fingerprint density at radius 2 is 1.81 bits per heavy atom. The lowest BCUT2D eigenvalue weighted by molar-refractivity contribution is 0.285. The average molecular weight is 302 g/mol. The topological polar surface area (TPSA) is 15.3 Å². The third kappa shape index (κ3) is 4.40. The Hall–Kier alpha value is -1.16. The van der Waals surface area contributed by atoms with E-state index in [0.717, 1.165) is 6.54 Å². The first kappa shape index (κ1) is 16.2. The van der Waals surface area contributed by atoms with Gasteiger partial charge in [-0.1, -0.05) is 35.4 Å². The number of hydrogen-bond acceptors (Lipinski definition) is 3. The summed E-state index contributed by atoms with van der Waals surface area (Å²) in [7, 11) is 4.29. The molecule has 0 saturated heterocycles. The van der Waals surface area contributed by atoms with E-state index in [1.54, 1.807) is 0 Å². The number of hydrogen-bond donors (Lipinski definition) is 1. The summed E-state index contributed by atoms with van der Waals surface area (Å²) in [6.45, 7) is 7.53. The lowest BCUT2D eigenvalue weighted by atomic mass is 10.0. The van der Waals surface area contributed by atoms with Gasteiger partial charge in [-0.3, -0.25) is 0 Å². The summed E-state index contributed by atoms with van der Waals surface area (Å²) < 4.78 is 0. The molecular formula is C18H26N2S. The van der Waals surface area contributed by atoms with Gasteiger partial charge in [-0.2, -0.15) is 0 Å². The number of benzene rings is 1. The molecule has 1 aromatic carbocycles. The molecule has 1 heterocycles. The molecule has 0 fully saturated rings. The molecule has 1 aromatic heterocycles. The molecule has 3 heteroatoms. The van der Waals surface area contributed by atoms with Gasteiger partial charge in [0.25, 0.3) is 0 Å². The molecule has 0 radical (unpaired) electrons. The highest BCUT2D eigenvalue weighted by molar-refractivity contribution is 7.10. The predicted molar refractivity (Wildman–Crippen MR) is 93.1 cm³/mol. The molecule has 2 aromatic rings. The highest BCUT2D eigenvalue weighted by Gasteiger charge is 2.16. The third-order valence-electron chi connectivity index (χ3n) is 3.86. The van der Waals surface area contributed by atoms with Crippen LogP contribution in [0.3, 0.4) is 0 Å². The summed E-state index contributed by atoms with van der Waals surface area (Å²) in [6, 6.07) is 11.9. The second kappa shape index (κ2) is 7.21. The Bertz CT molecular complexity index is 540. The zero-order chi connectivity index (χ0) is 15.4. The molecule has 0 aliphatic heterocycles. The monoisotopic (exact) mass is 302 g/mol. The van der Waals surface area contributed by atoms with Gasteiger partial charge in [0.15, 0.2) is 0 Å². The molecule has 2 unspecified atom stereocenters. The number of likely N-dealkylation sites (N-methyl/N-ethyl adjacent to an activating group) is 1. The van der Waals surface area contributed by atoms with Crippen LogP contribution >= 0.6 is 11.3 Å². The Balaban J connectivity index is 2.03. The van der Waals surface area contributed by atoms with Crippen molar-refractivity contribution in [2.24, 2.45) is 0 Å². The molecule has 114 valence electrons. The quantitative estimate of drug-likeness (QED) is 0.855. The predicted octanol–water partition coefficient (Wildman–Crippen LogP) is 4.32. The second-order valence-electron chi connectivity index (χ2n) is 6.05. The number of nitrogens with one attached hydrogen (secondary N) is 1. The van der Waals surface area contributed by atoms with Gasteiger partial charge >= 0.3 is 0 Å². The largest absolute Gasteiger partial charge is 0.308 e. The van der Waals surface area contributed by atoms with Crippen molar-refractivity contribution in [3.8, 4) is 0 Å². The van der Waals surface area contributed by atoms with Crippen molar-refractivity contribution >= 4 is 11.3 Å². The van der Waals surface area contributed by atoms with Crippen LogP contribution in [0.5, 0.6) is 0 Å². The fourth-order valence-corrected chi connectivity index (χ4v) is 3.61. The van der Waals surface area contributed by atoms with Gasteiger partial charge in [0.2, 0.25) is 0 Å². The molecule has 2 atom stereocenters. The summed E-state index contributed by atoms with van der Waals surface area (Å²) in [4.78, 5) is 3.70. The van der Waals surface area contributed by atoms with Gasteiger partial charge in [-0.05, 0) is 51.9 Å². The van der Waals surface area contributed by atoms with Gasteiger partial charge in [0, 0.05) is 17.5 Å². The zero-order valence-corrected chi connectivity index (χ0v) is 14.5. The fraction of sp³-hybridized carbons (Fsp3) is 0.444. The lowest BCUT2D eigenvalue weighted by Gasteiger charge is -2.26. The van der Waals surface area contributed by atoms with E-state index in [9.17, 15) is 0 Å². The van der Waals surface area contributed by atoms with E-state index in [4.69, 9.17) is 0 Å². The van der Waals surface area contributed by atoms with E-state index in [1.807, 2.05) is 11.3 Å². The Morgan fingerprint density at radius 3 is 2.33 bits per heavy atom. The molecule has 2 rings (SSSR count). The number of rotatable bonds is 6. The van der Waals surface area contributed by atoms with Crippen LogP contribution in [0.4, 0.5) is 0 Å². The van der Waals surface area contributed by atoms with Crippen LogP contribution < -0.4 is 5.32 Å². The van der Waals surface area contributed by atoms with E-state index in [1.165, 1.54) is 21.6 Å². The van der Waals surface area contributed by atoms with E-state index in [-0.39, 0.29) is 0 Å². The average Bonchev–Trinajstić information content (AvgIpc) is 2.91. The fourth-order valence-electron chi connectivity index (χ4n) is 2.68. The highest BCUT2D eigenvalue weighted by atomic mass is 32.1. The van der Waals surface area contributed by atoms with Crippen LogP contribution in [-0.4, -0.2) is 25.5 Å². The van der Waals surface area contributed by atoms with Crippen molar-refractivity contribution < 1.29 is 0 Å². The van der Waals surface area contributed by atoms with Gasteiger partial charge in [-0.15, -0.1) is 11.3 Å². The summed E-state index contributed by atoms with van der Waals surface area (Å²) >= 11 is 1.83. The SMILES string of the molecule is Cc1cc(C)cc(C(C)NCC(c2cccs2)N(C)C)c1. The molecule has 2 nitrogen and oxygen atoms in total.